The number of hydroxylamine groups is 2. The Hall–Kier alpha value is -2.60. The summed E-state index contributed by atoms with van der Waals surface area (Å²) in [5.41, 5.74) is 1.53. The van der Waals surface area contributed by atoms with Crippen LogP contribution in [0.4, 0.5) is 19.3 Å². The maximum absolute atomic E-state index is 14.1. The first-order valence-corrected chi connectivity index (χ1v) is 9.63. The Kier molecular flexibility index (Phi) is 5.21. The van der Waals surface area contributed by atoms with Crippen LogP contribution in [0.15, 0.2) is 16.9 Å². The summed E-state index contributed by atoms with van der Waals surface area (Å²) < 4.78 is 28.7. The minimum absolute atomic E-state index is 0.00534. The largest absolute Gasteiger partial charge is 0.322 e. The van der Waals surface area contributed by atoms with Gasteiger partial charge in [-0.15, -0.1) is 0 Å². The average molecular weight is 471 g/mol. The number of hydrogen-bond donors (Lipinski definition) is 1. The average Bonchev–Trinajstić information content (AvgIpc) is 3.01. The van der Waals surface area contributed by atoms with Crippen LogP contribution in [0.1, 0.15) is 21.7 Å². The molecule has 0 radical (unpaired) electrons. The highest BCUT2D eigenvalue weighted by molar-refractivity contribution is 9.10. The predicted octanol–water partition coefficient (Wildman–Crippen LogP) is 2.13. The maximum Gasteiger partial charge on any atom is 0.322 e. The monoisotopic (exact) mass is 470 g/mol. The van der Waals surface area contributed by atoms with E-state index in [-0.39, 0.29) is 29.1 Å². The van der Waals surface area contributed by atoms with E-state index < -0.39 is 30.5 Å². The van der Waals surface area contributed by atoms with Crippen LogP contribution in [-0.2, 0) is 24.3 Å². The van der Waals surface area contributed by atoms with Gasteiger partial charge in [0.15, 0.2) is 5.82 Å². The van der Waals surface area contributed by atoms with Crippen molar-refractivity contribution in [3.05, 3.63) is 39.6 Å². The highest BCUT2D eigenvalue weighted by Gasteiger charge is 2.35. The highest BCUT2D eigenvalue weighted by Crippen LogP contribution is 2.27. The summed E-state index contributed by atoms with van der Waals surface area (Å²) in [6.45, 7) is -0.207. The number of hydrogen-bond acceptors (Lipinski definition) is 5. The number of aromatic nitrogens is 3. The van der Waals surface area contributed by atoms with E-state index in [1.165, 1.54) is 28.9 Å². The summed E-state index contributed by atoms with van der Waals surface area (Å²) in [6.07, 6.45) is 0.965. The van der Waals surface area contributed by atoms with Crippen molar-refractivity contribution in [2.24, 2.45) is 0 Å². The Labute approximate surface area is 172 Å². The zero-order chi connectivity index (χ0) is 20.7. The lowest BCUT2D eigenvalue weighted by Gasteiger charge is -2.27. The van der Waals surface area contributed by atoms with Crippen molar-refractivity contribution in [1.82, 2.24) is 24.7 Å². The van der Waals surface area contributed by atoms with Crippen molar-refractivity contribution in [2.45, 2.75) is 25.6 Å². The van der Waals surface area contributed by atoms with E-state index in [1.54, 1.807) is 0 Å². The number of alkyl halides is 1. The maximum atomic E-state index is 14.1. The molecule has 4 heterocycles. The van der Waals surface area contributed by atoms with E-state index in [0.29, 0.717) is 24.2 Å². The van der Waals surface area contributed by atoms with Crippen LogP contribution in [0.25, 0.3) is 0 Å². The molecule has 0 aromatic carbocycles. The third kappa shape index (κ3) is 3.57. The van der Waals surface area contributed by atoms with E-state index in [1.807, 2.05) is 0 Å². The fraction of sp³-hybridized carbons (Fsp3) is 0.412. The second-order valence-corrected chi connectivity index (χ2v) is 7.46. The van der Waals surface area contributed by atoms with Crippen molar-refractivity contribution in [2.75, 3.05) is 25.6 Å². The first-order valence-electron chi connectivity index (χ1n) is 8.84. The van der Waals surface area contributed by atoms with E-state index in [4.69, 9.17) is 4.84 Å². The number of carbonyl (C=O) groups is 2. The first-order chi connectivity index (χ1) is 13.9. The molecule has 12 heteroatoms. The molecule has 2 aliphatic heterocycles. The minimum Gasteiger partial charge on any atom is -0.320 e. The van der Waals surface area contributed by atoms with Crippen LogP contribution in [0.5, 0.6) is 0 Å². The summed E-state index contributed by atoms with van der Waals surface area (Å²) in [4.78, 5) is 35.9. The number of nitrogens with zero attached hydrogens (tertiary/aromatic N) is 5. The van der Waals surface area contributed by atoms with E-state index in [9.17, 15) is 18.4 Å². The molecule has 2 aliphatic rings. The smallest absolute Gasteiger partial charge is 0.320 e. The zero-order valence-electron chi connectivity index (χ0n) is 15.4. The molecular formula is C17H17BrF2N6O3. The number of urea groups is 1. The van der Waals surface area contributed by atoms with Gasteiger partial charge in [0.25, 0.3) is 5.91 Å². The molecule has 2 aromatic heterocycles. The standard InChI is InChI=1S/C17H17BrF2N6O3/c1-24-16(27)14-10-8-25(17(28)22-12-2-4-21-15(18)13(12)20)5-3-11(10)23-26(14)7-9(6-19)29-24/h2,4,9H,3,5-8H2,1H3,(H,21,22,28). The van der Waals surface area contributed by atoms with Crippen molar-refractivity contribution in [3.8, 4) is 0 Å². The fourth-order valence-corrected chi connectivity index (χ4v) is 3.74. The van der Waals surface area contributed by atoms with E-state index in [0.717, 1.165) is 5.06 Å². The third-order valence-corrected chi connectivity index (χ3v) is 5.37. The molecule has 1 atom stereocenters. The lowest BCUT2D eigenvalue weighted by Crippen LogP contribution is -2.40. The topological polar surface area (TPSA) is 92.6 Å². The molecule has 0 spiro atoms. The number of fused-ring (bicyclic) bond motifs is 3. The number of nitrogens with one attached hydrogen (secondary N) is 1. The predicted molar refractivity (Wildman–Crippen MR) is 100 cm³/mol. The van der Waals surface area contributed by atoms with Gasteiger partial charge in [-0.25, -0.2) is 23.6 Å². The van der Waals surface area contributed by atoms with Gasteiger partial charge >= 0.3 is 6.03 Å². The van der Waals surface area contributed by atoms with Crippen molar-refractivity contribution >= 4 is 33.6 Å². The molecule has 0 fully saturated rings. The summed E-state index contributed by atoms with van der Waals surface area (Å²) in [5, 5.41) is 7.94. The van der Waals surface area contributed by atoms with Gasteiger partial charge in [-0.3, -0.25) is 14.3 Å². The van der Waals surface area contributed by atoms with Gasteiger partial charge in [0.1, 0.15) is 23.1 Å². The Balaban J connectivity index is 1.59. The van der Waals surface area contributed by atoms with Gasteiger partial charge in [0.2, 0.25) is 0 Å². The molecule has 0 bridgehead atoms. The van der Waals surface area contributed by atoms with Crippen molar-refractivity contribution in [3.63, 3.8) is 0 Å². The molecule has 0 saturated carbocycles. The fourth-order valence-electron chi connectivity index (χ4n) is 3.40. The molecule has 1 unspecified atom stereocenters. The highest BCUT2D eigenvalue weighted by atomic mass is 79.9. The lowest BCUT2D eigenvalue weighted by atomic mass is 10.1. The first kappa shape index (κ1) is 19.7. The number of halogens is 3. The van der Waals surface area contributed by atoms with Gasteiger partial charge < -0.3 is 10.2 Å². The number of anilines is 1. The number of pyridine rings is 1. The van der Waals surface area contributed by atoms with Crippen LogP contribution < -0.4 is 5.32 Å². The third-order valence-electron chi connectivity index (χ3n) is 4.82. The van der Waals surface area contributed by atoms with Gasteiger partial charge in [-0.1, -0.05) is 0 Å². The Bertz CT molecular complexity index is 984. The molecule has 2 aromatic rings. The normalized spacial score (nSPS) is 18.9. The summed E-state index contributed by atoms with van der Waals surface area (Å²) in [6, 6.07) is 0.839. The van der Waals surface area contributed by atoms with Gasteiger partial charge in [0.05, 0.1) is 24.5 Å². The summed E-state index contributed by atoms with van der Waals surface area (Å²) in [7, 11) is 1.41. The van der Waals surface area contributed by atoms with Crippen LogP contribution in [0.3, 0.4) is 0 Å². The molecule has 3 amide bonds. The van der Waals surface area contributed by atoms with E-state index in [2.05, 4.69) is 31.3 Å². The summed E-state index contributed by atoms with van der Waals surface area (Å²) >= 11 is 2.98. The van der Waals surface area contributed by atoms with Crippen LogP contribution in [0, 0.1) is 5.82 Å². The van der Waals surface area contributed by atoms with Gasteiger partial charge in [-0.05, 0) is 22.0 Å². The summed E-state index contributed by atoms with van der Waals surface area (Å²) in [5.74, 6) is -1.13. The number of rotatable bonds is 2. The van der Waals surface area contributed by atoms with Gasteiger partial charge in [-0.2, -0.15) is 5.10 Å². The second kappa shape index (κ2) is 7.67. The van der Waals surface area contributed by atoms with Crippen LogP contribution in [-0.4, -0.2) is 63.0 Å². The SMILES string of the molecule is CN1OC(CF)Cn2nc3c(c2C1=O)CN(C(=O)Nc1ccnc(Br)c1F)CC3. The van der Waals surface area contributed by atoms with Gasteiger partial charge in [0, 0.05) is 31.8 Å². The Morgan fingerprint density at radius 1 is 1.48 bits per heavy atom. The molecule has 0 aliphatic carbocycles. The molecule has 9 nitrogen and oxygen atoms in total. The molecule has 0 saturated heterocycles. The molecule has 1 N–H and O–H groups in total. The van der Waals surface area contributed by atoms with Crippen molar-refractivity contribution in [1.29, 1.82) is 0 Å². The molecule has 29 heavy (non-hydrogen) atoms. The van der Waals surface area contributed by atoms with Crippen LogP contribution in [0.2, 0.25) is 0 Å². The molecule has 4 rings (SSSR count). The van der Waals surface area contributed by atoms with Crippen molar-refractivity contribution < 1.29 is 23.2 Å². The number of amides is 3. The second-order valence-electron chi connectivity index (χ2n) is 6.71. The van der Waals surface area contributed by atoms with Crippen LogP contribution >= 0.6 is 15.9 Å². The lowest BCUT2D eigenvalue weighted by molar-refractivity contribution is -0.152. The number of carbonyl (C=O) groups excluding carboxylic acids is 2. The zero-order valence-corrected chi connectivity index (χ0v) is 16.9. The Morgan fingerprint density at radius 2 is 2.28 bits per heavy atom. The Morgan fingerprint density at radius 3 is 3.03 bits per heavy atom. The minimum atomic E-state index is -0.820. The van der Waals surface area contributed by atoms with E-state index >= 15 is 0 Å². The quantitative estimate of drug-likeness (QED) is 0.678. The molecular weight excluding hydrogens is 454 g/mol. The molecule has 154 valence electrons.